The summed E-state index contributed by atoms with van der Waals surface area (Å²) in [5.74, 6) is -0.303. The fourth-order valence-electron chi connectivity index (χ4n) is 2.95. The van der Waals surface area contributed by atoms with Crippen LogP contribution in [-0.2, 0) is 19.5 Å². The van der Waals surface area contributed by atoms with Crippen LogP contribution < -0.4 is 5.32 Å². The molecule has 0 saturated carbocycles. The van der Waals surface area contributed by atoms with Gasteiger partial charge in [-0.3, -0.25) is 4.68 Å². The summed E-state index contributed by atoms with van der Waals surface area (Å²) in [5.41, 5.74) is 2.33. The van der Waals surface area contributed by atoms with Crippen molar-refractivity contribution in [3.8, 4) is 0 Å². The minimum absolute atomic E-state index is 0.100. The summed E-state index contributed by atoms with van der Waals surface area (Å²) in [7, 11) is 0. The molecule has 23 heavy (non-hydrogen) atoms. The summed E-state index contributed by atoms with van der Waals surface area (Å²) in [6.07, 6.45) is -0.347. The van der Waals surface area contributed by atoms with Crippen LogP contribution in [0.1, 0.15) is 35.7 Å². The SMILES string of the molecule is Fc1cccc(CN[C@H]2CCCc3cn(CC(F)(F)F)nc32)c1. The Kier molecular flexibility index (Phi) is 4.39. The first-order valence-corrected chi connectivity index (χ1v) is 7.51. The predicted molar refractivity (Wildman–Crippen MR) is 77.2 cm³/mol. The van der Waals surface area contributed by atoms with Gasteiger partial charge in [-0.25, -0.2) is 4.39 Å². The molecule has 0 amide bonds. The number of aromatic nitrogens is 2. The van der Waals surface area contributed by atoms with E-state index >= 15 is 0 Å². The van der Waals surface area contributed by atoms with Gasteiger partial charge in [0.2, 0.25) is 0 Å². The fourth-order valence-corrected chi connectivity index (χ4v) is 2.95. The van der Waals surface area contributed by atoms with Crippen molar-refractivity contribution in [1.82, 2.24) is 15.1 Å². The van der Waals surface area contributed by atoms with Crippen LogP contribution in [-0.4, -0.2) is 16.0 Å². The molecule has 0 spiro atoms. The molecule has 1 aromatic carbocycles. The maximum atomic E-state index is 13.2. The van der Waals surface area contributed by atoms with E-state index in [-0.39, 0.29) is 11.9 Å². The number of fused-ring (bicyclic) bond motifs is 1. The average Bonchev–Trinajstić information content (AvgIpc) is 2.85. The summed E-state index contributed by atoms with van der Waals surface area (Å²) in [4.78, 5) is 0. The van der Waals surface area contributed by atoms with Crippen molar-refractivity contribution in [2.24, 2.45) is 0 Å². The van der Waals surface area contributed by atoms with Crippen LogP contribution in [0.25, 0.3) is 0 Å². The summed E-state index contributed by atoms with van der Waals surface area (Å²) in [6, 6.07) is 6.16. The van der Waals surface area contributed by atoms with Gasteiger partial charge in [-0.05, 0) is 42.5 Å². The van der Waals surface area contributed by atoms with E-state index in [1.165, 1.54) is 18.3 Å². The van der Waals surface area contributed by atoms with E-state index in [9.17, 15) is 17.6 Å². The number of nitrogens with zero attached hydrogens (tertiary/aromatic N) is 2. The Bertz CT molecular complexity index is 678. The first-order chi connectivity index (χ1) is 10.9. The van der Waals surface area contributed by atoms with Crippen LogP contribution in [0.2, 0.25) is 0 Å². The van der Waals surface area contributed by atoms with Gasteiger partial charge in [0, 0.05) is 12.7 Å². The molecule has 0 unspecified atom stereocenters. The number of benzene rings is 1. The molecule has 0 radical (unpaired) electrons. The van der Waals surface area contributed by atoms with Gasteiger partial charge in [0.05, 0.1) is 11.7 Å². The second-order valence-corrected chi connectivity index (χ2v) is 5.81. The van der Waals surface area contributed by atoms with Crippen molar-refractivity contribution in [1.29, 1.82) is 0 Å². The summed E-state index contributed by atoms with van der Waals surface area (Å²) < 4.78 is 51.6. The smallest absolute Gasteiger partial charge is 0.304 e. The fraction of sp³-hybridized carbons (Fsp3) is 0.438. The van der Waals surface area contributed by atoms with Crippen LogP contribution in [0.3, 0.4) is 0 Å². The van der Waals surface area contributed by atoms with Gasteiger partial charge >= 0.3 is 6.18 Å². The molecule has 1 aromatic heterocycles. The lowest BCUT2D eigenvalue weighted by atomic mass is 9.93. The molecule has 0 fully saturated rings. The number of hydrogen-bond donors (Lipinski definition) is 1. The van der Waals surface area contributed by atoms with Crippen LogP contribution in [0, 0.1) is 5.82 Å². The quantitative estimate of drug-likeness (QED) is 0.867. The maximum absolute atomic E-state index is 13.2. The zero-order valence-corrected chi connectivity index (χ0v) is 12.4. The highest BCUT2D eigenvalue weighted by atomic mass is 19.4. The minimum atomic E-state index is -4.28. The maximum Gasteiger partial charge on any atom is 0.408 e. The van der Waals surface area contributed by atoms with Crippen molar-refractivity contribution in [3.05, 3.63) is 53.1 Å². The lowest BCUT2D eigenvalue weighted by Gasteiger charge is -2.22. The van der Waals surface area contributed by atoms with E-state index in [4.69, 9.17) is 0 Å². The van der Waals surface area contributed by atoms with E-state index in [0.29, 0.717) is 12.2 Å². The van der Waals surface area contributed by atoms with E-state index in [2.05, 4.69) is 10.4 Å². The molecule has 2 aromatic rings. The first kappa shape index (κ1) is 16.0. The molecule has 1 atom stereocenters. The van der Waals surface area contributed by atoms with E-state index in [0.717, 1.165) is 35.1 Å². The van der Waals surface area contributed by atoms with Crippen LogP contribution >= 0.6 is 0 Å². The molecule has 1 aliphatic rings. The molecule has 1 heterocycles. The van der Waals surface area contributed by atoms with E-state index < -0.39 is 12.7 Å². The Morgan fingerprint density at radius 1 is 1.30 bits per heavy atom. The molecule has 1 N–H and O–H groups in total. The predicted octanol–water partition coefficient (Wildman–Crippen LogP) is 3.75. The number of aryl methyl sites for hydroxylation is 1. The summed E-state index contributed by atoms with van der Waals surface area (Å²) in [5, 5.41) is 7.38. The van der Waals surface area contributed by atoms with E-state index in [1.54, 1.807) is 6.07 Å². The van der Waals surface area contributed by atoms with Gasteiger partial charge in [0.1, 0.15) is 12.4 Å². The molecule has 0 saturated heterocycles. The lowest BCUT2D eigenvalue weighted by Crippen LogP contribution is -2.25. The molecular formula is C16H17F4N3. The van der Waals surface area contributed by atoms with Gasteiger partial charge < -0.3 is 5.32 Å². The third kappa shape index (κ3) is 4.10. The topological polar surface area (TPSA) is 29.9 Å². The van der Waals surface area contributed by atoms with Crippen molar-refractivity contribution >= 4 is 0 Å². The summed E-state index contributed by atoms with van der Waals surface area (Å²) in [6.45, 7) is -0.620. The Labute approximate surface area is 131 Å². The number of nitrogens with one attached hydrogen (secondary N) is 1. The normalized spacial score (nSPS) is 18.0. The highest BCUT2D eigenvalue weighted by molar-refractivity contribution is 5.24. The summed E-state index contributed by atoms with van der Waals surface area (Å²) >= 11 is 0. The number of hydrogen-bond acceptors (Lipinski definition) is 2. The number of alkyl halides is 3. The van der Waals surface area contributed by atoms with Crippen molar-refractivity contribution in [2.45, 2.75) is 44.6 Å². The second kappa shape index (κ2) is 6.31. The Hall–Kier alpha value is -1.89. The van der Waals surface area contributed by atoms with Crippen LogP contribution in [0.15, 0.2) is 30.5 Å². The first-order valence-electron chi connectivity index (χ1n) is 7.51. The Balaban J connectivity index is 1.71. The minimum Gasteiger partial charge on any atom is -0.304 e. The second-order valence-electron chi connectivity index (χ2n) is 5.81. The monoisotopic (exact) mass is 327 g/mol. The van der Waals surface area contributed by atoms with Crippen LogP contribution in [0.5, 0.6) is 0 Å². The lowest BCUT2D eigenvalue weighted by molar-refractivity contribution is -0.142. The molecule has 0 aliphatic heterocycles. The van der Waals surface area contributed by atoms with Gasteiger partial charge in [-0.1, -0.05) is 12.1 Å². The zero-order valence-electron chi connectivity index (χ0n) is 12.4. The zero-order chi connectivity index (χ0) is 16.4. The third-order valence-corrected chi connectivity index (χ3v) is 3.92. The van der Waals surface area contributed by atoms with Gasteiger partial charge in [0.25, 0.3) is 0 Å². The standard InChI is InChI=1S/C16H17F4N3/c17-13-5-1-3-11(7-13)8-21-14-6-2-4-12-9-23(22-15(12)14)10-16(18,19)20/h1,3,5,7,9,14,21H,2,4,6,8,10H2/t14-/m0/s1. The molecule has 7 heteroatoms. The van der Waals surface area contributed by atoms with Gasteiger partial charge in [-0.2, -0.15) is 18.3 Å². The highest BCUT2D eigenvalue weighted by Gasteiger charge is 2.30. The highest BCUT2D eigenvalue weighted by Crippen LogP contribution is 2.29. The van der Waals surface area contributed by atoms with Crippen molar-refractivity contribution in [2.75, 3.05) is 0 Å². The van der Waals surface area contributed by atoms with Crippen LogP contribution in [0.4, 0.5) is 17.6 Å². The van der Waals surface area contributed by atoms with Crippen molar-refractivity contribution < 1.29 is 17.6 Å². The largest absolute Gasteiger partial charge is 0.408 e. The number of rotatable bonds is 4. The molecule has 3 rings (SSSR count). The van der Waals surface area contributed by atoms with Gasteiger partial charge in [0.15, 0.2) is 0 Å². The average molecular weight is 327 g/mol. The Morgan fingerprint density at radius 2 is 2.13 bits per heavy atom. The molecule has 1 aliphatic carbocycles. The van der Waals surface area contributed by atoms with Crippen molar-refractivity contribution in [3.63, 3.8) is 0 Å². The van der Waals surface area contributed by atoms with E-state index in [1.807, 2.05) is 6.07 Å². The third-order valence-electron chi connectivity index (χ3n) is 3.92. The number of halogens is 4. The van der Waals surface area contributed by atoms with Gasteiger partial charge in [-0.15, -0.1) is 0 Å². The molecular weight excluding hydrogens is 310 g/mol. The molecule has 124 valence electrons. The molecule has 3 nitrogen and oxygen atoms in total. The Morgan fingerprint density at radius 3 is 2.87 bits per heavy atom. The molecule has 0 bridgehead atoms.